The molecule has 0 radical (unpaired) electrons. The monoisotopic (exact) mass is 389 g/mol. The van der Waals surface area contributed by atoms with Crippen LogP contribution in [-0.2, 0) is 12.8 Å². The molecule has 0 N–H and O–H groups in total. The van der Waals surface area contributed by atoms with Crippen molar-refractivity contribution in [2.75, 3.05) is 31.1 Å². The van der Waals surface area contributed by atoms with E-state index in [-0.39, 0.29) is 5.56 Å². The summed E-state index contributed by atoms with van der Waals surface area (Å²) in [5.74, 6) is 0. The number of aromatic nitrogens is 3. The summed E-state index contributed by atoms with van der Waals surface area (Å²) in [6.45, 7) is 2.65. The first-order chi connectivity index (χ1) is 13.4. The molecule has 0 amide bonds. The van der Waals surface area contributed by atoms with Gasteiger partial charge in [-0.3, -0.25) is 9.69 Å². The Kier molecular flexibility index (Phi) is 4.76. The van der Waals surface area contributed by atoms with E-state index in [1.165, 1.54) is 16.8 Å². The molecule has 1 fully saturated rings. The molecule has 1 saturated heterocycles. The van der Waals surface area contributed by atoms with Gasteiger partial charge in [-0.15, -0.1) is 5.10 Å². The molecule has 146 valence electrons. The van der Waals surface area contributed by atoms with E-state index in [0.29, 0.717) is 49.4 Å². The number of benzene rings is 2. The zero-order valence-electron chi connectivity index (χ0n) is 14.9. The van der Waals surface area contributed by atoms with Crippen LogP contribution in [0.15, 0.2) is 53.3 Å². The second-order valence-electron chi connectivity index (χ2n) is 6.71. The molecular weight excluding hydrogens is 371 g/mol. The number of nitrogens with zero attached hydrogens (tertiary/aromatic N) is 5. The third-order valence-corrected chi connectivity index (χ3v) is 4.87. The third kappa shape index (κ3) is 3.70. The lowest BCUT2D eigenvalue weighted by atomic mass is 10.1. The highest BCUT2D eigenvalue weighted by atomic mass is 19.4. The van der Waals surface area contributed by atoms with Gasteiger partial charge in [-0.2, -0.15) is 17.9 Å². The molecule has 4 rings (SSSR count). The zero-order chi connectivity index (χ0) is 19.7. The molecule has 0 bridgehead atoms. The fraction of sp³-hybridized carbons (Fsp3) is 0.316. The predicted molar refractivity (Wildman–Crippen MR) is 99.0 cm³/mol. The molecule has 28 heavy (non-hydrogen) atoms. The summed E-state index contributed by atoms with van der Waals surface area (Å²) in [4.78, 5) is 16.5. The second kappa shape index (κ2) is 7.23. The molecule has 9 heteroatoms. The Hall–Kier alpha value is -2.94. The first kappa shape index (κ1) is 18.4. The summed E-state index contributed by atoms with van der Waals surface area (Å²) in [7, 11) is 0. The lowest BCUT2D eigenvalue weighted by molar-refractivity contribution is -0.137. The van der Waals surface area contributed by atoms with Gasteiger partial charge in [0.1, 0.15) is 5.52 Å². The van der Waals surface area contributed by atoms with Crippen molar-refractivity contribution in [1.82, 2.24) is 19.9 Å². The Morgan fingerprint density at radius 3 is 2.46 bits per heavy atom. The number of hydrogen-bond donors (Lipinski definition) is 0. The number of piperazine rings is 1. The average molecular weight is 389 g/mol. The minimum absolute atomic E-state index is 0.203. The first-order valence-electron chi connectivity index (χ1n) is 8.89. The molecule has 1 aliphatic rings. The van der Waals surface area contributed by atoms with Gasteiger partial charge in [0.25, 0.3) is 5.56 Å². The van der Waals surface area contributed by atoms with Crippen LogP contribution in [0.4, 0.5) is 18.9 Å². The van der Waals surface area contributed by atoms with E-state index in [0.717, 1.165) is 6.07 Å². The van der Waals surface area contributed by atoms with E-state index in [2.05, 4.69) is 10.3 Å². The Balaban J connectivity index is 1.44. The molecule has 2 heterocycles. The van der Waals surface area contributed by atoms with E-state index < -0.39 is 11.7 Å². The highest BCUT2D eigenvalue weighted by Gasteiger charge is 2.31. The average Bonchev–Trinajstić information content (AvgIpc) is 2.70. The maximum atomic E-state index is 12.9. The lowest BCUT2D eigenvalue weighted by Gasteiger charge is -2.36. The summed E-state index contributed by atoms with van der Waals surface area (Å²) in [5.41, 5.74) is 0.256. The minimum atomic E-state index is -4.35. The quantitative estimate of drug-likeness (QED) is 0.689. The van der Waals surface area contributed by atoms with Gasteiger partial charge in [0, 0.05) is 31.9 Å². The number of fused-ring (bicyclic) bond motifs is 1. The maximum absolute atomic E-state index is 12.9. The third-order valence-electron chi connectivity index (χ3n) is 4.87. The largest absolute Gasteiger partial charge is 0.416 e. The molecule has 0 spiro atoms. The van der Waals surface area contributed by atoms with Crippen molar-refractivity contribution in [3.63, 3.8) is 0 Å². The van der Waals surface area contributed by atoms with Crippen LogP contribution in [0.1, 0.15) is 5.56 Å². The summed E-state index contributed by atoms with van der Waals surface area (Å²) in [6.07, 6.45) is -4.35. The normalized spacial score (nSPS) is 15.9. The van der Waals surface area contributed by atoms with Gasteiger partial charge >= 0.3 is 6.18 Å². The van der Waals surface area contributed by atoms with Crippen molar-refractivity contribution >= 4 is 16.6 Å². The highest BCUT2D eigenvalue weighted by Crippen LogP contribution is 2.31. The van der Waals surface area contributed by atoms with Crippen LogP contribution < -0.4 is 10.5 Å². The first-order valence-corrected chi connectivity index (χ1v) is 8.89. The van der Waals surface area contributed by atoms with Crippen LogP contribution in [0.3, 0.4) is 0 Å². The summed E-state index contributed by atoms with van der Waals surface area (Å²) < 4.78 is 40.1. The van der Waals surface area contributed by atoms with Crippen molar-refractivity contribution < 1.29 is 13.2 Å². The molecule has 0 saturated carbocycles. The van der Waals surface area contributed by atoms with Gasteiger partial charge in [0.15, 0.2) is 0 Å². The molecule has 1 aliphatic heterocycles. The fourth-order valence-electron chi connectivity index (χ4n) is 3.33. The smallest absolute Gasteiger partial charge is 0.369 e. The highest BCUT2D eigenvalue weighted by molar-refractivity contribution is 5.76. The van der Waals surface area contributed by atoms with Crippen LogP contribution in [0.5, 0.6) is 0 Å². The number of anilines is 1. The molecular formula is C19H18F3N5O. The number of rotatable bonds is 3. The molecule has 1 aromatic heterocycles. The molecule has 2 aromatic carbocycles. The molecule has 6 nitrogen and oxygen atoms in total. The van der Waals surface area contributed by atoms with Crippen LogP contribution in [0.2, 0.25) is 0 Å². The zero-order valence-corrected chi connectivity index (χ0v) is 14.9. The predicted octanol–water partition coefficient (Wildman–Crippen LogP) is 2.59. The fourth-order valence-corrected chi connectivity index (χ4v) is 3.33. The van der Waals surface area contributed by atoms with Crippen LogP contribution in [-0.4, -0.2) is 46.1 Å². The number of alkyl halides is 3. The number of hydrogen-bond acceptors (Lipinski definition) is 5. The van der Waals surface area contributed by atoms with E-state index in [1.807, 2.05) is 9.80 Å². The van der Waals surface area contributed by atoms with Crippen molar-refractivity contribution in [3.8, 4) is 0 Å². The van der Waals surface area contributed by atoms with Crippen molar-refractivity contribution in [2.45, 2.75) is 12.8 Å². The van der Waals surface area contributed by atoms with E-state index in [4.69, 9.17) is 0 Å². The van der Waals surface area contributed by atoms with E-state index >= 15 is 0 Å². The summed E-state index contributed by atoms with van der Waals surface area (Å²) in [5, 5.41) is 8.58. The Morgan fingerprint density at radius 2 is 1.71 bits per heavy atom. The van der Waals surface area contributed by atoms with Crippen LogP contribution >= 0.6 is 0 Å². The Bertz CT molecular complexity index is 1040. The molecule has 0 unspecified atom stereocenters. The van der Waals surface area contributed by atoms with Gasteiger partial charge < -0.3 is 4.90 Å². The lowest BCUT2D eigenvalue weighted by Crippen LogP contribution is -2.48. The molecule has 3 aromatic rings. The molecule has 0 aliphatic carbocycles. The van der Waals surface area contributed by atoms with E-state index in [9.17, 15) is 18.0 Å². The van der Waals surface area contributed by atoms with Gasteiger partial charge in [-0.25, -0.2) is 0 Å². The van der Waals surface area contributed by atoms with Crippen molar-refractivity contribution in [3.05, 3.63) is 64.4 Å². The van der Waals surface area contributed by atoms with Gasteiger partial charge in [-0.1, -0.05) is 23.4 Å². The maximum Gasteiger partial charge on any atom is 0.416 e. The SMILES string of the molecule is O=c1c2ccccc2nnn1CN1CCN(c2cccc(C(F)(F)F)c2)CC1. The standard InChI is InChI=1S/C19H18F3N5O/c20-19(21,22)14-4-3-5-15(12-14)26-10-8-25(9-11-26)13-27-18(28)16-6-1-2-7-17(16)23-24-27/h1-7,12H,8-11,13H2. The second-order valence-corrected chi connectivity index (χ2v) is 6.71. The van der Waals surface area contributed by atoms with Gasteiger partial charge in [-0.05, 0) is 30.3 Å². The topological polar surface area (TPSA) is 54.3 Å². The van der Waals surface area contributed by atoms with Gasteiger partial charge in [0.2, 0.25) is 0 Å². The van der Waals surface area contributed by atoms with Crippen molar-refractivity contribution in [2.24, 2.45) is 0 Å². The van der Waals surface area contributed by atoms with Crippen LogP contribution in [0.25, 0.3) is 10.9 Å². The molecule has 0 atom stereocenters. The minimum Gasteiger partial charge on any atom is -0.369 e. The summed E-state index contributed by atoms with van der Waals surface area (Å²) in [6, 6.07) is 12.4. The Morgan fingerprint density at radius 1 is 0.964 bits per heavy atom. The Labute approximate surface area is 158 Å². The van der Waals surface area contributed by atoms with E-state index in [1.54, 1.807) is 30.3 Å². The number of halogens is 3. The van der Waals surface area contributed by atoms with Gasteiger partial charge in [0.05, 0.1) is 17.6 Å². The summed E-state index contributed by atoms with van der Waals surface area (Å²) >= 11 is 0. The van der Waals surface area contributed by atoms with Crippen molar-refractivity contribution in [1.29, 1.82) is 0 Å². The van der Waals surface area contributed by atoms with Crippen LogP contribution in [0, 0.1) is 0 Å².